The second-order valence-corrected chi connectivity index (χ2v) is 7.65. The summed E-state index contributed by atoms with van der Waals surface area (Å²) in [5, 5.41) is 18.7. The van der Waals surface area contributed by atoms with Gasteiger partial charge in [0, 0.05) is 23.6 Å². The van der Waals surface area contributed by atoms with Gasteiger partial charge in [-0.15, -0.1) is 0 Å². The molecule has 1 saturated heterocycles. The van der Waals surface area contributed by atoms with Crippen LogP contribution in [-0.4, -0.2) is 45.7 Å². The molecule has 2 rings (SSSR count). The second-order valence-electron chi connectivity index (χ2n) is 5.85. The van der Waals surface area contributed by atoms with Gasteiger partial charge in [0.1, 0.15) is 5.82 Å². The Labute approximate surface area is 124 Å². The van der Waals surface area contributed by atoms with E-state index in [-0.39, 0.29) is 10.2 Å². The van der Waals surface area contributed by atoms with Gasteiger partial charge in [0.25, 0.3) is 0 Å². The van der Waals surface area contributed by atoms with Gasteiger partial charge in [-0.3, -0.25) is 4.90 Å². The van der Waals surface area contributed by atoms with Crippen molar-refractivity contribution in [1.29, 1.82) is 0 Å². The van der Waals surface area contributed by atoms with Gasteiger partial charge in [0.2, 0.25) is 0 Å². The Kier molecular flexibility index (Phi) is 5.12. The average Bonchev–Trinajstić information content (AvgIpc) is 2.53. The van der Waals surface area contributed by atoms with Crippen LogP contribution in [0.2, 0.25) is 0 Å². The molecule has 3 nitrogen and oxygen atoms in total. The van der Waals surface area contributed by atoms with Crippen LogP contribution in [-0.2, 0) is 6.54 Å². The Morgan fingerprint density at radius 1 is 1.35 bits per heavy atom. The van der Waals surface area contributed by atoms with Crippen LogP contribution in [0.4, 0.5) is 4.39 Å². The minimum absolute atomic E-state index is 0.265. The molecular weight excluding hydrogens is 276 g/mol. The molecule has 1 fully saturated rings. The predicted octanol–water partition coefficient (Wildman–Crippen LogP) is 1.22. The van der Waals surface area contributed by atoms with E-state index in [2.05, 4.69) is 18.7 Å². The SMILES string of the molecule is CC1(C)CCN(Cc2ccc(F)cc2B(O)O)CCS1. The summed E-state index contributed by atoms with van der Waals surface area (Å²) in [4.78, 5) is 2.29. The maximum Gasteiger partial charge on any atom is 0.488 e. The predicted molar refractivity (Wildman–Crippen MR) is 82.7 cm³/mol. The highest BCUT2D eigenvalue weighted by Crippen LogP contribution is 2.30. The normalized spacial score (nSPS) is 19.6. The summed E-state index contributed by atoms with van der Waals surface area (Å²) in [5.74, 6) is 0.620. The van der Waals surface area contributed by atoms with Crippen molar-refractivity contribution in [1.82, 2.24) is 4.90 Å². The summed E-state index contributed by atoms with van der Waals surface area (Å²) < 4.78 is 13.5. The number of hydrogen-bond acceptors (Lipinski definition) is 4. The molecular formula is C14H21BFNO2S. The van der Waals surface area contributed by atoms with Gasteiger partial charge >= 0.3 is 7.12 Å². The summed E-state index contributed by atoms with van der Waals surface area (Å²) in [7, 11) is -1.63. The van der Waals surface area contributed by atoms with Gasteiger partial charge < -0.3 is 10.0 Å². The summed E-state index contributed by atoms with van der Waals surface area (Å²) >= 11 is 1.97. The van der Waals surface area contributed by atoms with E-state index in [0.717, 1.165) is 30.8 Å². The zero-order chi connectivity index (χ0) is 14.8. The molecule has 0 saturated carbocycles. The standard InChI is InChI=1S/C14H21BFNO2S/c1-14(2)5-6-17(7-8-20-14)10-11-3-4-12(16)9-13(11)15(18)19/h3-4,9,18-19H,5-8,10H2,1-2H3. The van der Waals surface area contributed by atoms with Crippen LogP contribution in [0.5, 0.6) is 0 Å². The number of halogens is 1. The molecule has 2 N–H and O–H groups in total. The number of rotatable bonds is 3. The van der Waals surface area contributed by atoms with Gasteiger partial charge in [-0.05, 0) is 36.1 Å². The van der Waals surface area contributed by atoms with Crippen molar-refractivity contribution >= 4 is 24.3 Å². The van der Waals surface area contributed by atoms with Gasteiger partial charge in [-0.25, -0.2) is 4.39 Å². The van der Waals surface area contributed by atoms with Gasteiger partial charge in [0.05, 0.1) is 0 Å². The highest BCUT2D eigenvalue weighted by atomic mass is 32.2. The van der Waals surface area contributed by atoms with E-state index >= 15 is 0 Å². The molecule has 0 unspecified atom stereocenters. The first-order chi connectivity index (χ1) is 9.37. The summed E-state index contributed by atoms with van der Waals surface area (Å²) in [5.41, 5.74) is 1.05. The maximum atomic E-state index is 13.2. The van der Waals surface area contributed by atoms with E-state index in [9.17, 15) is 14.4 Å². The molecule has 0 aromatic heterocycles. The Morgan fingerprint density at radius 3 is 2.80 bits per heavy atom. The molecule has 0 bridgehead atoms. The summed E-state index contributed by atoms with van der Waals surface area (Å²) in [6.07, 6.45) is 1.09. The molecule has 0 amide bonds. The third-order valence-corrected chi connectivity index (χ3v) is 5.08. The first kappa shape index (κ1) is 15.8. The second kappa shape index (κ2) is 6.47. The Morgan fingerprint density at radius 2 is 2.10 bits per heavy atom. The first-order valence-electron chi connectivity index (χ1n) is 6.88. The van der Waals surface area contributed by atoms with Crippen molar-refractivity contribution < 1.29 is 14.4 Å². The van der Waals surface area contributed by atoms with Crippen LogP contribution >= 0.6 is 11.8 Å². The van der Waals surface area contributed by atoms with E-state index in [1.54, 1.807) is 6.07 Å². The van der Waals surface area contributed by atoms with Crippen molar-refractivity contribution in [3.05, 3.63) is 29.6 Å². The van der Waals surface area contributed by atoms with Crippen molar-refractivity contribution in [2.75, 3.05) is 18.8 Å². The maximum absolute atomic E-state index is 13.2. The van der Waals surface area contributed by atoms with Gasteiger partial charge in [-0.1, -0.05) is 19.9 Å². The van der Waals surface area contributed by atoms with Crippen LogP contribution in [0, 0.1) is 5.82 Å². The Hall–Kier alpha value is -0.555. The fourth-order valence-electron chi connectivity index (χ4n) is 2.41. The largest absolute Gasteiger partial charge is 0.488 e. The molecule has 1 aliphatic rings. The summed E-state index contributed by atoms with van der Waals surface area (Å²) in [6.45, 7) is 7.07. The molecule has 1 heterocycles. The molecule has 0 atom stereocenters. The van der Waals surface area contributed by atoms with Crippen LogP contribution in [0.3, 0.4) is 0 Å². The zero-order valence-electron chi connectivity index (χ0n) is 12.0. The molecule has 1 aromatic rings. The third kappa shape index (κ3) is 4.22. The van der Waals surface area contributed by atoms with Gasteiger partial charge in [-0.2, -0.15) is 11.8 Å². The average molecular weight is 297 g/mol. The smallest absolute Gasteiger partial charge is 0.423 e. The lowest BCUT2D eigenvalue weighted by molar-refractivity contribution is 0.276. The Balaban J connectivity index is 2.10. The molecule has 0 aliphatic carbocycles. The summed E-state index contributed by atoms with van der Waals surface area (Å²) in [6, 6.07) is 4.22. The van der Waals surface area contributed by atoms with Crippen molar-refractivity contribution in [2.24, 2.45) is 0 Å². The van der Waals surface area contributed by atoms with Crippen molar-refractivity contribution in [2.45, 2.75) is 31.6 Å². The monoisotopic (exact) mass is 297 g/mol. The van der Waals surface area contributed by atoms with E-state index in [1.807, 2.05) is 11.8 Å². The zero-order valence-corrected chi connectivity index (χ0v) is 12.8. The van der Waals surface area contributed by atoms with Crippen LogP contribution in [0.25, 0.3) is 0 Å². The van der Waals surface area contributed by atoms with Crippen molar-refractivity contribution in [3.63, 3.8) is 0 Å². The highest BCUT2D eigenvalue weighted by molar-refractivity contribution is 8.00. The third-order valence-electron chi connectivity index (χ3n) is 3.71. The lowest BCUT2D eigenvalue weighted by Crippen LogP contribution is -2.37. The molecule has 110 valence electrons. The molecule has 0 radical (unpaired) electrons. The molecule has 0 spiro atoms. The highest BCUT2D eigenvalue weighted by Gasteiger charge is 2.25. The van der Waals surface area contributed by atoms with Crippen LogP contribution in [0.15, 0.2) is 18.2 Å². The fourth-order valence-corrected chi connectivity index (χ4v) is 3.55. The number of benzene rings is 1. The van der Waals surface area contributed by atoms with Crippen LogP contribution < -0.4 is 5.46 Å². The van der Waals surface area contributed by atoms with E-state index in [0.29, 0.717) is 6.54 Å². The number of thioether (sulfide) groups is 1. The van der Waals surface area contributed by atoms with E-state index < -0.39 is 12.9 Å². The first-order valence-corrected chi connectivity index (χ1v) is 7.87. The minimum atomic E-state index is -1.63. The lowest BCUT2D eigenvalue weighted by Gasteiger charge is -2.23. The number of hydrogen-bond donors (Lipinski definition) is 2. The van der Waals surface area contributed by atoms with Crippen molar-refractivity contribution in [3.8, 4) is 0 Å². The van der Waals surface area contributed by atoms with E-state index in [4.69, 9.17) is 0 Å². The molecule has 1 aromatic carbocycles. The van der Waals surface area contributed by atoms with E-state index in [1.165, 1.54) is 12.1 Å². The van der Waals surface area contributed by atoms with Gasteiger partial charge in [0.15, 0.2) is 0 Å². The molecule has 6 heteroatoms. The quantitative estimate of drug-likeness (QED) is 0.824. The number of nitrogens with zero attached hydrogens (tertiary/aromatic N) is 1. The molecule has 1 aliphatic heterocycles. The molecule has 20 heavy (non-hydrogen) atoms. The Bertz CT molecular complexity index is 470. The topological polar surface area (TPSA) is 43.7 Å². The fraction of sp³-hybridized carbons (Fsp3) is 0.571. The lowest BCUT2D eigenvalue weighted by atomic mass is 9.77. The minimum Gasteiger partial charge on any atom is -0.423 e. The van der Waals surface area contributed by atoms with Crippen LogP contribution in [0.1, 0.15) is 25.8 Å².